The molecule has 1 atom stereocenters. The van der Waals surface area contributed by atoms with Crippen molar-refractivity contribution in [3.8, 4) is 22.6 Å². The van der Waals surface area contributed by atoms with E-state index >= 15 is 0 Å². The van der Waals surface area contributed by atoms with Crippen LogP contribution in [0.1, 0.15) is 49.1 Å². The number of hydrogen-bond acceptors (Lipinski definition) is 4. The number of nitrogens with zero attached hydrogens (tertiary/aromatic N) is 2. The second-order valence-corrected chi connectivity index (χ2v) is 10.7. The summed E-state index contributed by atoms with van der Waals surface area (Å²) in [6.07, 6.45) is 3.41. The van der Waals surface area contributed by atoms with Gasteiger partial charge >= 0.3 is 0 Å². The van der Waals surface area contributed by atoms with Crippen LogP contribution in [0, 0.1) is 12.7 Å². The van der Waals surface area contributed by atoms with Gasteiger partial charge in [-0.1, -0.05) is 42.5 Å². The van der Waals surface area contributed by atoms with Crippen molar-refractivity contribution in [2.45, 2.75) is 45.8 Å². The zero-order valence-corrected chi connectivity index (χ0v) is 23.6. The lowest BCUT2D eigenvalue weighted by atomic mass is 9.91. The second-order valence-electron chi connectivity index (χ2n) is 10.7. The van der Waals surface area contributed by atoms with Gasteiger partial charge in [-0.05, 0) is 104 Å². The van der Waals surface area contributed by atoms with Gasteiger partial charge in [0.25, 0.3) is 0 Å². The van der Waals surface area contributed by atoms with Gasteiger partial charge in [0.15, 0.2) is 0 Å². The highest BCUT2D eigenvalue weighted by molar-refractivity contribution is 5.98. The fourth-order valence-electron chi connectivity index (χ4n) is 5.78. The average molecular weight is 547 g/mol. The Morgan fingerprint density at radius 3 is 2.27 bits per heavy atom. The molecule has 2 heterocycles. The maximum atomic E-state index is 14.0. The van der Waals surface area contributed by atoms with Crippen LogP contribution in [0.2, 0.25) is 0 Å². The van der Waals surface area contributed by atoms with Gasteiger partial charge in [0, 0.05) is 35.4 Å². The highest BCUT2D eigenvalue weighted by Crippen LogP contribution is 2.40. The predicted octanol–water partition coefficient (Wildman–Crippen LogP) is 9.06. The number of pyridine rings is 1. The summed E-state index contributed by atoms with van der Waals surface area (Å²) in [5.74, 6) is 1.28. The van der Waals surface area contributed by atoms with E-state index in [0.717, 1.165) is 63.4 Å². The van der Waals surface area contributed by atoms with Gasteiger partial charge in [-0.25, -0.2) is 4.39 Å². The topological polar surface area (TPSA) is 34.6 Å². The lowest BCUT2D eigenvalue weighted by Crippen LogP contribution is -2.29. The quantitative estimate of drug-likeness (QED) is 0.194. The molecule has 1 aromatic heterocycles. The van der Waals surface area contributed by atoms with E-state index in [9.17, 15) is 4.39 Å². The highest BCUT2D eigenvalue weighted by atomic mass is 19.1. The lowest BCUT2D eigenvalue weighted by molar-refractivity contribution is 0.225. The van der Waals surface area contributed by atoms with Gasteiger partial charge in [0.2, 0.25) is 0 Å². The molecular formula is C36H35FN2O2. The van der Waals surface area contributed by atoms with Crippen molar-refractivity contribution in [3.63, 3.8) is 0 Å². The first-order valence-electron chi connectivity index (χ1n) is 14.4. The third-order valence-electron chi connectivity index (χ3n) is 7.84. The van der Waals surface area contributed by atoms with Crippen LogP contribution in [0.25, 0.3) is 22.0 Å². The van der Waals surface area contributed by atoms with Gasteiger partial charge in [0.1, 0.15) is 30.0 Å². The standard InChI is InChI=1S/C36H35FN2O2/c1-25-35(26(2)41-32-18-16-31(17-19-32)40-24-27-9-5-3-6-10-27)36(28-11-13-29(37)14-12-28)33-23-30(15-20-34(33)38-25)39-21-7-4-8-22-39/h3,5-6,9-20,23,26H,4,7-8,21-22,24H2,1-2H3. The van der Waals surface area contributed by atoms with Crippen LogP contribution < -0.4 is 14.4 Å². The predicted molar refractivity (Wildman–Crippen MR) is 164 cm³/mol. The maximum Gasteiger partial charge on any atom is 0.123 e. The third kappa shape index (κ3) is 6.04. The summed E-state index contributed by atoms with van der Waals surface area (Å²) >= 11 is 0. The minimum atomic E-state index is -0.290. The molecule has 0 saturated carbocycles. The first kappa shape index (κ1) is 26.8. The third-order valence-corrected chi connectivity index (χ3v) is 7.84. The minimum Gasteiger partial charge on any atom is -0.489 e. The van der Waals surface area contributed by atoms with E-state index in [0.29, 0.717) is 6.61 Å². The largest absolute Gasteiger partial charge is 0.489 e. The molecule has 6 rings (SSSR count). The number of rotatable bonds is 8. The molecule has 0 spiro atoms. The van der Waals surface area contributed by atoms with Crippen molar-refractivity contribution in [3.05, 3.63) is 120 Å². The van der Waals surface area contributed by atoms with Crippen molar-refractivity contribution in [1.82, 2.24) is 4.98 Å². The molecule has 1 aliphatic rings. The number of anilines is 1. The average Bonchev–Trinajstić information content (AvgIpc) is 3.01. The number of fused-ring (bicyclic) bond motifs is 1. The zero-order chi connectivity index (χ0) is 28.2. The number of hydrogen-bond donors (Lipinski definition) is 0. The molecule has 4 nitrogen and oxygen atoms in total. The summed E-state index contributed by atoms with van der Waals surface area (Å²) in [5.41, 5.74) is 7.16. The molecule has 0 bridgehead atoms. The van der Waals surface area contributed by atoms with Gasteiger partial charge < -0.3 is 14.4 Å². The Hall–Kier alpha value is -4.38. The smallest absolute Gasteiger partial charge is 0.123 e. The monoisotopic (exact) mass is 546 g/mol. The molecule has 5 aromatic rings. The molecule has 0 N–H and O–H groups in total. The molecule has 0 amide bonds. The summed E-state index contributed by atoms with van der Waals surface area (Å²) in [6, 6.07) is 31.1. The van der Waals surface area contributed by atoms with Crippen LogP contribution in [0.3, 0.4) is 0 Å². The van der Waals surface area contributed by atoms with E-state index in [1.807, 2.05) is 73.7 Å². The zero-order valence-electron chi connectivity index (χ0n) is 23.6. The van der Waals surface area contributed by atoms with E-state index in [1.54, 1.807) is 0 Å². The fourth-order valence-corrected chi connectivity index (χ4v) is 5.78. The lowest BCUT2D eigenvalue weighted by Gasteiger charge is -2.29. The molecular weight excluding hydrogens is 511 g/mol. The van der Waals surface area contributed by atoms with E-state index in [-0.39, 0.29) is 11.9 Å². The van der Waals surface area contributed by atoms with Crippen LogP contribution in [0.4, 0.5) is 10.1 Å². The van der Waals surface area contributed by atoms with Crippen LogP contribution in [-0.4, -0.2) is 18.1 Å². The first-order chi connectivity index (χ1) is 20.0. The molecule has 5 heteroatoms. The summed E-state index contributed by atoms with van der Waals surface area (Å²) < 4.78 is 26.4. The van der Waals surface area contributed by atoms with Gasteiger partial charge in [-0.15, -0.1) is 0 Å². The molecule has 1 fully saturated rings. The van der Waals surface area contributed by atoms with Crippen LogP contribution in [-0.2, 0) is 6.61 Å². The normalized spacial score (nSPS) is 14.2. The van der Waals surface area contributed by atoms with Crippen LogP contribution in [0.15, 0.2) is 97.1 Å². The Morgan fingerprint density at radius 1 is 0.829 bits per heavy atom. The number of ether oxygens (including phenoxy) is 2. The van der Waals surface area contributed by atoms with Gasteiger partial charge in [-0.3, -0.25) is 4.98 Å². The summed E-state index contributed by atoms with van der Waals surface area (Å²) in [5, 5.41) is 1.06. The minimum absolute atomic E-state index is 0.252. The summed E-state index contributed by atoms with van der Waals surface area (Å²) in [4.78, 5) is 7.46. The SMILES string of the molecule is Cc1nc2ccc(N3CCCCC3)cc2c(-c2ccc(F)cc2)c1C(C)Oc1ccc(OCc2ccccc2)cc1. The number of halogens is 1. The number of piperidine rings is 1. The van der Waals surface area contributed by atoms with Crippen LogP contribution in [0.5, 0.6) is 11.5 Å². The van der Waals surface area contributed by atoms with Gasteiger partial charge in [-0.2, -0.15) is 0 Å². The van der Waals surface area contributed by atoms with E-state index in [2.05, 4.69) is 30.0 Å². The number of benzene rings is 4. The summed E-state index contributed by atoms with van der Waals surface area (Å²) in [7, 11) is 0. The first-order valence-corrected chi connectivity index (χ1v) is 14.4. The molecule has 0 aliphatic carbocycles. The Kier molecular flexibility index (Phi) is 7.86. The maximum absolute atomic E-state index is 14.0. The fraction of sp³-hybridized carbons (Fsp3) is 0.250. The van der Waals surface area contributed by atoms with Crippen molar-refractivity contribution >= 4 is 16.6 Å². The van der Waals surface area contributed by atoms with E-state index in [1.165, 1.54) is 37.1 Å². The van der Waals surface area contributed by atoms with Crippen molar-refractivity contribution in [1.29, 1.82) is 0 Å². The molecule has 1 unspecified atom stereocenters. The second kappa shape index (κ2) is 12.0. The number of aryl methyl sites for hydroxylation is 1. The number of aromatic nitrogens is 1. The summed E-state index contributed by atoms with van der Waals surface area (Å²) in [6.45, 7) is 6.72. The van der Waals surface area contributed by atoms with Crippen molar-refractivity contribution in [2.24, 2.45) is 0 Å². The van der Waals surface area contributed by atoms with Crippen LogP contribution >= 0.6 is 0 Å². The molecule has 41 heavy (non-hydrogen) atoms. The van der Waals surface area contributed by atoms with Crippen molar-refractivity contribution < 1.29 is 13.9 Å². The van der Waals surface area contributed by atoms with Gasteiger partial charge in [0.05, 0.1) is 5.52 Å². The molecule has 4 aromatic carbocycles. The van der Waals surface area contributed by atoms with E-state index < -0.39 is 0 Å². The Bertz CT molecular complexity index is 1610. The molecule has 1 aliphatic heterocycles. The molecule has 1 saturated heterocycles. The van der Waals surface area contributed by atoms with Crippen molar-refractivity contribution in [2.75, 3.05) is 18.0 Å². The Morgan fingerprint density at radius 2 is 1.54 bits per heavy atom. The molecule has 0 radical (unpaired) electrons. The molecule has 208 valence electrons. The highest BCUT2D eigenvalue weighted by Gasteiger charge is 2.22. The Balaban J connectivity index is 1.33. The Labute approximate surface area is 241 Å². The van der Waals surface area contributed by atoms with E-state index in [4.69, 9.17) is 14.5 Å².